The number of amides is 2. The van der Waals surface area contributed by atoms with E-state index in [0.29, 0.717) is 19.6 Å². The molecule has 2 aliphatic heterocycles. The first-order valence-corrected chi connectivity index (χ1v) is 7.28. The molecule has 2 aliphatic rings. The zero-order valence-electron chi connectivity index (χ0n) is 11.7. The summed E-state index contributed by atoms with van der Waals surface area (Å²) in [5.74, 6) is -1.35. The van der Waals surface area contributed by atoms with Gasteiger partial charge in [-0.25, -0.2) is 13.6 Å². The normalized spacial score (nSPS) is 23.0. The van der Waals surface area contributed by atoms with Crippen LogP contribution in [0.4, 0.5) is 19.3 Å². The summed E-state index contributed by atoms with van der Waals surface area (Å²) in [6, 6.07) is 3.03. The summed E-state index contributed by atoms with van der Waals surface area (Å²) in [4.78, 5) is 15.4. The predicted octanol–water partition coefficient (Wildman–Crippen LogP) is 2.78. The number of benzene rings is 1. The molecule has 2 heterocycles. The average Bonchev–Trinajstić information content (AvgIpc) is 2.82. The summed E-state index contributed by atoms with van der Waals surface area (Å²) in [5, 5.41) is 0. The molecule has 0 N–H and O–H groups in total. The molecule has 1 aromatic carbocycles. The van der Waals surface area contributed by atoms with Crippen molar-refractivity contribution in [2.24, 2.45) is 0 Å². The van der Waals surface area contributed by atoms with E-state index < -0.39 is 11.6 Å². The minimum atomic E-state index is -0.709. The number of rotatable bonds is 3. The largest absolute Gasteiger partial charge is 0.376 e. The molecule has 0 spiro atoms. The lowest BCUT2D eigenvalue weighted by Gasteiger charge is -2.27. The molecule has 0 radical (unpaired) electrons. The highest BCUT2D eigenvalue weighted by atomic mass is 19.1. The smallest absolute Gasteiger partial charge is 0.324 e. The number of nitrogens with zero attached hydrogens (tertiary/aromatic N) is 2. The van der Waals surface area contributed by atoms with Gasteiger partial charge in [0, 0.05) is 32.3 Å². The molecule has 114 valence electrons. The highest BCUT2D eigenvalue weighted by Gasteiger charge is 2.33. The minimum Gasteiger partial charge on any atom is -0.376 e. The number of halogens is 2. The third-order valence-electron chi connectivity index (χ3n) is 3.99. The van der Waals surface area contributed by atoms with E-state index in [0.717, 1.165) is 31.9 Å². The summed E-state index contributed by atoms with van der Waals surface area (Å²) in [6.45, 7) is 2.23. The second kappa shape index (κ2) is 5.97. The molecule has 1 unspecified atom stereocenters. The summed E-state index contributed by atoms with van der Waals surface area (Å²) >= 11 is 0. The highest BCUT2D eigenvalue weighted by Crippen LogP contribution is 2.25. The maximum atomic E-state index is 13.8. The molecule has 1 aromatic rings. The van der Waals surface area contributed by atoms with E-state index in [1.54, 1.807) is 4.90 Å². The summed E-state index contributed by atoms with van der Waals surface area (Å²) in [7, 11) is 0. The lowest BCUT2D eigenvalue weighted by molar-refractivity contribution is 0.00338. The fourth-order valence-corrected chi connectivity index (χ4v) is 2.87. The average molecular weight is 296 g/mol. The Hall–Kier alpha value is -1.69. The van der Waals surface area contributed by atoms with Gasteiger partial charge in [-0.15, -0.1) is 0 Å². The van der Waals surface area contributed by atoms with Crippen LogP contribution < -0.4 is 4.90 Å². The Labute approximate surface area is 122 Å². The highest BCUT2D eigenvalue weighted by molar-refractivity contribution is 5.94. The van der Waals surface area contributed by atoms with Crippen LogP contribution in [-0.2, 0) is 4.74 Å². The minimum absolute atomic E-state index is 0.0701. The molecule has 2 amide bonds. The van der Waals surface area contributed by atoms with Gasteiger partial charge in [0.15, 0.2) is 0 Å². The molecule has 0 aliphatic carbocycles. The van der Waals surface area contributed by atoms with Gasteiger partial charge in [0.05, 0.1) is 11.8 Å². The molecule has 2 saturated heterocycles. The fourth-order valence-electron chi connectivity index (χ4n) is 2.87. The van der Waals surface area contributed by atoms with Crippen molar-refractivity contribution in [2.45, 2.75) is 25.4 Å². The zero-order chi connectivity index (χ0) is 14.8. The van der Waals surface area contributed by atoms with Crippen molar-refractivity contribution < 1.29 is 18.3 Å². The number of carbonyl (C=O) groups excluding carboxylic acids is 1. The van der Waals surface area contributed by atoms with Gasteiger partial charge in [-0.1, -0.05) is 0 Å². The molecular formula is C15H18F2N2O2. The van der Waals surface area contributed by atoms with Gasteiger partial charge in [-0.05, 0) is 31.4 Å². The molecule has 3 rings (SSSR count). The second-order valence-electron chi connectivity index (χ2n) is 5.46. The third kappa shape index (κ3) is 3.00. The molecule has 6 heteroatoms. The van der Waals surface area contributed by atoms with Gasteiger partial charge < -0.3 is 9.64 Å². The second-order valence-corrected chi connectivity index (χ2v) is 5.46. The Bertz CT molecular complexity index is 532. The quantitative estimate of drug-likeness (QED) is 0.859. The predicted molar refractivity (Wildman–Crippen MR) is 74.3 cm³/mol. The van der Waals surface area contributed by atoms with Crippen LogP contribution in [0, 0.1) is 11.6 Å². The number of hydrogen-bond donors (Lipinski definition) is 0. The maximum absolute atomic E-state index is 13.8. The molecule has 1 atom stereocenters. The van der Waals surface area contributed by atoms with Crippen LogP contribution in [0.3, 0.4) is 0 Å². The number of hydrogen-bond acceptors (Lipinski definition) is 2. The van der Waals surface area contributed by atoms with E-state index in [2.05, 4.69) is 0 Å². The van der Waals surface area contributed by atoms with Crippen molar-refractivity contribution >= 4 is 11.7 Å². The van der Waals surface area contributed by atoms with Gasteiger partial charge in [0.1, 0.15) is 11.6 Å². The van der Waals surface area contributed by atoms with Gasteiger partial charge >= 0.3 is 6.03 Å². The van der Waals surface area contributed by atoms with E-state index in [4.69, 9.17) is 4.74 Å². The van der Waals surface area contributed by atoms with E-state index in [1.165, 1.54) is 17.0 Å². The summed E-state index contributed by atoms with van der Waals surface area (Å²) < 4.78 is 32.4. The van der Waals surface area contributed by atoms with Crippen LogP contribution in [0.15, 0.2) is 18.2 Å². The van der Waals surface area contributed by atoms with Crippen molar-refractivity contribution in [1.82, 2.24) is 4.90 Å². The van der Waals surface area contributed by atoms with Crippen molar-refractivity contribution in [3.8, 4) is 0 Å². The monoisotopic (exact) mass is 296 g/mol. The van der Waals surface area contributed by atoms with Crippen LogP contribution in [0.25, 0.3) is 0 Å². The molecule has 0 saturated carbocycles. The Morgan fingerprint density at radius 2 is 2.10 bits per heavy atom. The van der Waals surface area contributed by atoms with Gasteiger partial charge in [0.2, 0.25) is 0 Å². The Balaban J connectivity index is 1.68. The molecule has 0 aromatic heterocycles. The molecule has 0 bridgehead atoms. The van der Waals surface area contributed by atoms with Crippen LogP contribution in [0.2, 0.25) is 0 Å². The maximum Gasteiger partial charge on any atom is 0.324 e. The number of carbonyl (C=O) groups is 1. The summed E-state index contributed by atoms with van der Waals surface area (Å²) in [5.41, 5.74) is 0.133. The van der Waals surface area contributed by atoms with E-state index >= 15 is 0 Å². The lowest BCUT2D eigenvalue weighted by atomic mass is 10.1. The SMILES string of the molecule is O=C1N(CC2CCCCO2)CCN1c1ccc(F)cc1F. The number of anilines is 1. The van der Waals surface area contributed by atoms with Crippen LogP contribution >= 0.6 is 0 Å². The zero-order valence-corrected chi connectivity index (χ0v) is 11.7. The Kier molecular flexibility index (Phi) is 4.05. The van der Waals surface area contributed by atoms with Gasteiger partial charge in [-0.3, -0.25) is 4.90 Å². The number of ether oxygens (including phenoxy) is 1. The van der Waals surface area contributed by atoms with Crippen LogP contribution in [-0.4, -0.2) is 43.3 Å². The van der Waals surface area contributed by atoms with E-state index in [9.17, 15) is 13.6 Å². The first-order chi connectivity index (χ1) is 10.1. The molecule has 4 nitrogen and oxygen atoms in total. The standard InChI is InChI=1S/C15H18F2N2O2/c16-11-4-5-14(13(17)9-11)19-7-6-18(15(19)20)10-12-3-1-2-8-21-12/h4-5,9,12H,1-3,6-8,10H2. The van der Waals surface area contributed by atoms with Crippen LogP contribution in [0.5, 0.6) is 0 Å². The van der Waals surface area contributed by atoms with Crippen molar-refractivity contribution in [1.29, 1.82) is 0 Å². The topological polar surface area (TPSA) is 32.8 Å². The molecule has 2 fully saturated rings. The first kappa shape index (κ1) is 14.3. The van der Waals surface area contributed by atoms with Crippen molar-refractivity contribution in [3.63, 3.8) is 0 Å². The third-order valence-corrected chi connectivity index (χ3v) is 3.99. The first-order valence-electron chi connectivity index (χ1n) is 7.28. The van der Waals surface area contributed by atoms with E-state index in [-0.39, 0.29) is 17.8 Å². The summed E-state index contributed by atoms with van der Waals surface area (Å²) in [6.07, 6.45) is 3.20. The Morgan fingerprint density at radius 3 is 2.81 bits per heavy atom. The number of urea groups is 1. The lowest BCUT2D eigenvalue weighted by Crippen LogP contribution is -2.39. The molecular weight excluding hydrogens is 278 g/mol. The Morgan fingerprint density at radius 1 is 1.24 bits per heavy atom. The van der Waals surface area contributed by atoms with Gasteiger partial charge in [0.25, 0.3) is 0 Å². The van der Waals surface area contributed by atoms with Crippen molar-refractivity contribution in [3.05, 3.63) is 29.8 Å². The van der Waals surface area contributed by atoms with E-state index in [1.807, 2.05) is 0 Å². The van der Waals surface area contributed by atoms with Crippen LogP contribution in [0.1, 0.15) is 19.3 Å². The van der Waals surface area contributed by atoms with Crippen molar-refractivity contribution in [2.75, 3.05) is 31.1 Å². The van der Waals surface area contributed by atoms with Gasteiger partial charge in [-0.2, -0.15) is 0 Å². The fraction of sp³-hybridized carbons (Fsp3) is 0.533. The molecule has 21 heavy (non-hydrogen) atoms.